The first kappa shape index (κ1) is 47.6. The Bertz CT molecular complexity index is 977. The molecule has 1 heterocycles. The van der Waals surface area contributed by atoms with Crippen LogP contribution in [0.4, 0.5) is 9.59 Å². The molecule has 0 radical (unpaired) electrons. The summed E-state index contributed by atoms with van der Waals surface area (Å²) in [7, 11) is 0. The van der Waals surface area contributed by atoms with E-state index >= 15 is 0 Å². The third-order valence-electron chi connectivity index (χ3n) is 8.45. The highest BCUT2D eigenvalue weighted by molar-refractivity contribution is 5.74. The fraction of sp³-hybridized carbons (Fsp3) is 0.800. The number of carbonyl (C=O) groups excluding carboxylic acids is 2. The van der Waals surface area contributed by atoms with Crippen LogP contribution in [0.25, 0.3) is 0 Å². The van der Waals surface area contributed by atoms with Crippen molar-refractivity contribution in [3.05, 3.63) is 30.1 Å². The predicted molar refractivity (Wildman–Crippen MR) is 211 cm³/mol. The molecule has 51 heavy (non-hydrogen) atoms. The van der Waals surface area contributed by atoms with Crippen LogP contribution in [0.1, 0.15) is 180 Å². The quantitative estimate of drug-likeness (QED) is 0.0360. The van der Waals surface area contributed by atoms with Gasteiger partial charge in [-0.05, 0) is 89.9 Å². The number of allylic oxidation sites excluding steroid dienone is 4. The molecule has 1 aromatic heterocycles. The fourth-order valence-corrected chi connectivity index (χ4v) is 5.29. The molecule has 0 aromatic carbocycles. The molecule has 11 heteroatoms. The Morgan fingerprint density at radius 3 is 1.37 bits per heavy atom. The second-order valence-corrected chi connectivity index (χ2v) is 13.3. The first-order chi connectivity index (χ1) is 25.1. The van der Waals surface area contributed by atoms with Crippen molar-refractivity contribution in [2.75, 3.05) is 26.2 Å². The van der Waals surface area contributed by atoms with Gasteiger partial charge in [0, 0.05) is 39.0 Å². The van der Waals surface area contributed by atoms with Crippen LogP contribution in [0.15, 0.2) is 24.3 Å². The van der Waals surface area contributed by atoms with Crippen LogP contribution >= 0.6 is 0 Å². The molecule has 0 atom stereocenters. The van der Waals surface area contributed by atoms with Crippen molar-refractivity contribution in [1.82, 2.24) is 41.9 Å². The molecule has 0 saturated carbocycles. The molecule has 0 unspecified atom stereocenters. The number of hydrogen-bond acceptors (Lipinski definition) is 6. The molecule has 1 rings (SSSR count). The van der Waals surface area contributed by atoms with Gasteiger partial charge in [0.2, 0.25) is 0 Å². The van der Waals surface area contributed by atoms with Crippen molar-refractivity contribution in [1.29, 1.82) is 5.26 Å². The van der Waals surface area contributed by atoms with Gasteiger partial charge in [0.25, 0.3) is 0 Å². The molecule has 1 aromatic rings. The summed E-state index contributed by atoms with van der Waals surface area (Å²) in [6.45, 7) is 7.40. The number of carbonyl (C=O) groups is 2. The van der Waals surface area contributed by atoms with Crippen molar-refractivity contribution >= 4 is 12.1 Å². The monoisotopic (exact) mass is 714 g/mol. The maximum atomic E-state index is 11.5. The van der Waals surface area contributed by atoms with E-state index < -0.39 is 0 Å². The number of urea groups is 2. The van der Waals surface area contributed by atoms with Crippen LogP contribution in [0.3, 0.4) is 0 Å². The van der Waals surface area contributed by atoms with E-state index in [0.717, 1.165) is 109 Å². The second kappa shape index (κ2) is 41.0. The Morgan fingerprint density at radius 2 is 0.961 bits per heavy atom. The Labute approximate surface area is 311 Å². The topological polar surface area (TPSA) is 161 Å². The van der Waals surface area contributed by atoms with Gasteiger partial charge in [0.1, 0.15) is 0 Å². The summed E-state index contributed by atoms with van der Waals surface area (Å²) in [5, 5.41) is 34.0. The van der Waals surface area contributed by atoms with E-state index in [1.165, 1.54) is 83.5 Å². The summed E-state index contributed by atoms with van der Waals surface area (Å²) < 4.78 is 0. The highest BCUT2D eigenvalue weighted by atomic mass is 16.2. The van der Waals surface area contributed by atoms with Crippen molar-refractivity contribution in [3.63, 3.8) is 0 Å². The summed E-state index contributed by atoms with van der Waals surface area (Å²) in [5.41, 5.74) is 0. The van der Waals surface area contributed by atoms with Crippen LogP contribution in [0.2, 0.25) is 0 Å². The van der Waals surface area contributed by atoms with Crippen molar-refractivity contribution in [2.24, 2.45) is 0 Å². The lowest BCUT2D eigenvalue weighted by Crippen LogP contribution is -2.36. The average molecular weight is 714 g/mol. The van der Waals surface area contributed by atoms with E-state index in [1.54, 1.807) is 0 Å². The number of aromatic amines is 1. The van der Waals surface area contributed by atoms with Gasteiger partial charge in [-0.3, -0.25) is 0 Å². The second-order valence-electron chi connectivity index (χ2n) is 13.3. The number of aromatic nitrogens is 4. The zero-order valence-electron chi connectivity index (χ0n) is 32.6. The van der Waals surface area contributed by atoms with Crippen LogP contribution in [0, 0.1) is 11.3 Å². The normalized spacial score (nSPS) is 10.9. The van der Waals surface area contributed by atoms with Gasteiger partial charge in [-0.25, -0.2) is 9.59 Å². The molecule has 0 fully saturated rings. The third kappa shape index (κ3) is 39.2. The lowest BCUT2D eigenvalue weighted by atomic mass is 10.1. The number of unbranched alkanes of at least 4 members (excludes halogenated alkanes) is 19. The number of nitrogens with zero attached hydrogens (tertiary/aromatic N) is 4. The minimum atomic E-state index is -0.0311. The van der Waals surface area contributed by atoms with Crippen LogP contribution < -0.4 is 21.3 Å². The molecule has 292 valence electrons. The standard InChI is InChI=1S/C20H38N6O.C20H37N3O/c1-2-3-14-17-21-20(27)22-18-15-12-10-8-6-4-5-7-9-11-13-16-19-23-25-26-24-19;1-2-3-15-18-22-20(24)23-19-16-13-11-9-7-5-4-6-8-10-12-14-17-21/h6,8H,2-5,7,9-18H2,1H3,(H2,21,22,27)(H,23,24,25,26);7,9H,2-6,8,10-16,18-19H2,1H3,(H2,22,23,24)/b8-6-;9-7-. The number of H-pyrrole nitrogens is 1. The maximum Gasteiger partial charge on any atom is 0.314 e. The molecule has 0 saturated heterocycles. The highest BCUT2D eigenvalue weighted by Crippen LogP contribution is 2.09. The number of amides is 4. The van der Waals surface area contributed by atoms with E-state index in [9.17, 15) is 9.59 Å². The Hall–Kier alpha value is -3.42. The van der Waals surface area contributed by atoms with Gasteiger partial charge >= 0.3 is 12.1 Å². The SMILES string of the molecule is CCCCCNC(=O)NCCCC/C=C\CCCCCCCC#N.CCCCCNC(=O)NCCCC/C=C\CCCCCCCc1nn[nH]n1. The molecular formula is C40H75N9O2. The summed E-state index contributed by atoms with van der Waals surface area (Å²) in [4.78, 5) is 23.0. The number of tetrazole rings is 1. The lowest BCUT2D eigenvalue weighted by molar-refractivity contribution is 0.239. The summed E-state index contributed by atoms with van der Waals surface area (Å²) in [6.07, 6.45) is 38.7. The number of rotatable bonds is 33. The van der Waals surface area contributed by atoms with Crippen LogP contribution in [0.5, 0.6) is 0 Å². The molecule has 0 aliphatic rings. The minimum Gasteiger partial charge on any atom is -0.338 e. The Kier molecular flexibility index (Phi) is 38.3. The Morgan fingerprint density at radius 1 is 0.569 bits per heavy atom. The largest absolute Gasteiger partial charge is 0.338 e. The summed E-state index contributed by atoms with van der Waals surface area (Å²) in [5.74, 6) is 0.820. The van der Waals surface area contributed by atoms with Gasteiger partial charge < -0.3 is 21.3 Å². The van der Waals surface area contributed by atoms with Gasteiger partial charge in [0.15, 0.2) is 5.82 Å². The van der Waals surface area contributed by atoms with Gasteiger partial charge in [-0.2, -0.15) is 10.5 Å². The zero-order chi connectivity index (χ0) is 37.1. The highest BCUT2D eigenvalue weighted by Gasteiger charge is 2.00. The molecule has 4 amide bonds. The molecule has 0 aliphatic heterocycles. The van der Waals surface area contributed by atoms with Gasteiger partial charge in [-0.1, -0.05) is 108 Å². The first-order valence-corrected chi connectivity index (χ1v) is 20.6. The van der Waals surface area contributed by atoms with Crippen molar-refractivity contribution < 1.29 is 9.59 Å². The molecular weight excluding hydrogens is 639 g/mol. The number of hydrogen-bond donors (Lipinski definition) is 5. The van der Waals surface area contributed by atoms with E-state index in [-0.39, 0.29) is 12.1 Å². The summed E-state index contributed by atoms with van der Waals surface area (Å²) >= 11 is 0. The third-order valence-corrected chi connectivity index (χ3v) is 8.45. The van der Waals surface area contributed by atoms with Crippen molar-refractivity contribution in [2.45, 2.75) is 181 Å². The minimum absolute atomic E-state index is 0.0288. The molecule has 0 bridgehead atoms. The van der Waals surface area contributed by atoms with E-state index in [0.29, 0.717) is 6.42 Å². The van der Waals surface area contributed by atoms with Crippen LogP contribution in [-0.4, -0.2) is 58.9 Å². The van der Waals surface area contributed by atoms with E-state index in [4.69, 9.17) is 5.26 Å². The average Bonchev–Trinajstić information content (AvgIpc) is 3.66. The molecule has 11 nitrogen and oxygen atoms in total. The maximum absolute atomic E-state index is 11.5. The predicted octanol–water partition coefficient (Wildman–Crippen LogP) is 9.76. The molecule has 0 spiro atoms. The number of aryl methyl sites for hydroxylation is 1. The summed E-state index contributed by atoms with van der Waals surface area (Å²) in [6, 6.07) is 2.13. The van der Waals surface area contributed by atoms with E-state index in [1.807, 2.05) is 0 Å². The van der Waals surface area contributed by atoms with Crippen molar-refractivity contribution in [3.8, 4) is 6.07 Å². The van der Waals surface area contributed by atoms with Crippen LogP contribution in [-0.2, 0) is 6.42 Å². The molecule has 0 aliphatic carbocycles. The lowest BCUT2D eigenvalue weighted by Gasteiger charge is -2.06. The fourth-order valence-electron chi connectivity index (χ4n) is 5.29. The number of nitriles is 1. The van der Waals surface area contributed by atoms with Gasteiger partial charge in [0.05, 0.1) is 6.07 Å². The number of nitrogens with one attached hydrogen (secondary N) is 5. The first-order valence-electron chi connectivity index (χ1n) is 20.6. The van der Waals surface area contributed by atoms with E-state index in [2.05, 4.69) is 86.1 Å². The van der Waals surface area contributed by atoms with Gasteiger partial charge in [-0.15, -0.1) is 10.2 Å². The molecule has 5 N–H and O–H groups in total. The smallest absolute Gasteiger partial charge is 0.314 e. The zero-order valence-corrected chi connectivity index (χ0v) is 32.6. The Balaban J connectivity index is 0.000000988.